The van der Waals surface area contributed by atoms with Crippen LogP contribution in [0.4, 0.5) is 0 Å². The van der Waals surface area contributed by atoms with Gasteiger partial charge in [-0.1, -0.05) is 12.1 Å². The molecule has 0 amide bonds. The average molecular weight is 264 g/mol. The van der Waals surface area contributed by atoms with Gasteiger partial charge in [0, 0.05) is 18.0 Å². The first-order valence-electron chi connectivity index (χ1n) is 5.96. The Morgan fingerprint density at radius 1 is 1.56 bits per heavy atom. The molecule has 4 heteroatoms. The molecule has 0 aromatic carbocycles. The number of nitrogens with zero attached hydrogens (tertiary/aromatic N) is 2. The molecule has 18 heavy (non-hydrogen) atoms. The molecule has 0 aliphatic heterocycles. The predicted molar refractivity (Wildman–Crippen MR) is 78.1 cm³/mol. The minimum Gasteiger partial charge on any atom is -0.264 e. The van der Waals surface area contributed by atoms with Gasteiger partial charge in [0.05, 0.1) is 10.5 Å². The van der Waals surface area contributed by atoms with Crippen molar-refractivity contribution >= 4 is 16.7 Å². The van der Waals surface area contributed by atoms with Gasteiger partial charge in [-0.3, -0.25) is 4.98 Å². The molecule has 0 bridgehead atoms. The summed E-state index contributed by atoms with van der Waals surface area (Å²) in [7, 11) is -1.25. The second-order valence-corrected chi connectivity index (χ2v) is 6.87. The number of allylic oxidation sites excluding steroid dienone is 1. The van der Waals surface area contributed by atoms with E-state index in [0.29, 0.717) is 0 Å². The van der Waals surface area contributed by atoms with Gasteiger partial charge >= 0.3 is 0 Å². The highest BCUT2D eigenvalue weighted by Crippen LogP contribution is 2.15. The van der Waals surface area contributed by atoms with Gasteiger partial charge in [-0.25, -0.2) is 4.21 Å². The topological polar surface area (TPSA) is 42.3 Å². The van der Waals surface area contributed by atoms with Crippen LogP contribution in [0.5, 0.6) is 0 Å². The SMILES string of the molecule is C=CCC/C(=N\S(=O)C(C)(C)C)c1cccnc1. The molecule has 98 valence electrons. The van der Waals surface area contributed by atoms with Crippen LogP contribution in [0.3, 0.4) is 0 Å². The van der Waals surface area contributed by atoms with E-state index in [-0.39, 0.29) is 4.75 Å². The highest BCUT2D eigenvalue weighted by Gasteiger charge is 2.20. The van der Waals surface area contributed by atoms with Crippen molar-refractivity contribution in [3.05, 3.63) is 42.7 Å². The monoisotopic (exact) mass is 264 g/mol. The summed E-state index contributed by atoms with van der Waals surface area (Å²) in [6.07, 6.45) is 6.86. The summed E-state index contributed by atoms with van der Waals surface area (Å²) in [6.45, 7) is 9.46. The Kier molecular flexibility index (Phi) is 5.41. The van der Waals surface area contributed by atoms with Crippen LogP contribution < -0.4 is 0 Å². The molecule has 0 saturated heterocycles. The second kappa shape index (κ2) is 6.59. The van der Waals surface area contributed by atoms with Gasteiger partial charge < -0.3 is 0 Å². The number of rotatable bonds is 5. The lowest BCUT2D eigenvalue weighted by Gasteiger charge is -2.15. The minimum atomic E-state index is -1.25. The number of hydrogen-bond donors (Lipinski definition) is 0. The normalized spacial score (nSPS) is 14.3. The van der Waals surface area contributed by atoms with E-state index in [4.69, 9.17) is 0 Å². The fourth-order valence-corrected chi connectivity index (χ4v) is 1.92. The lowest BCUT2D eigenvalue weighted by molar-refractivity contribution is 0.650. The second-order valence-electron chi connectivity index (χ2n) is 4.97. The van der Waals surface area contributed by atoms with E-state index < -0.39 is 11.0 Å². The molecule has 3 nitrogen and oxygen atoms in total. The maximum absolute atomic E-state index is 12.1. The van der Waals surface area contributed by atoms with Crippen LogP contribution in [0.2, 0.25) is 0 Å². The van der Waals surface area contributed by atoms with Crippen LogP contribution in [0.15, 0.2) is 41.6 Å². The van der Waals surface area contributed by atoms with Crippen molar-refractivity contribution in [2.45, 2.75) is 38.4 Å². The van der Waals surface area contributed by atoms with Crippen molar-refractivity contribution in [3.8, 4) is 0 Å². The largest absolute Gasteiger partial charge is 0.264 e. The maximum Gasteiger partial charge on any atom is 0.145 e. The molecule has 1 heterocycles. The molecule has 0 saturated carbocycles. The number of aromatic nitrogens is 1. The molecule has 0 spiro atoms. The van der Waals surface area contributed by atoms with Crippen LogP contribution in [0.25, 0.3) is 0 Å². The molecule has 0 aliphatic rings. The first kappa shape index (κ1) is 14.8. The highest BCUT2D eigenvalue weighted by molar-refractivity contribution is 7.85. The molecule has 0 radical (unpaired) electrons. The fraction of sp³-hybridized carbons (Fsp3) is 0.429. The smallest absolute Gasteiger partial charge is 0.145 e. The molecule has 1 atom stereocenters. The molecular weight excluding hydrogens is 244 g/mol. The van der Waals surface area contributed by atoms with Crippen LogP contribution in [-0.2, 0) is 11.0 Å². The third kappa shape index (κ3) is 4.53. The minimum absolute atomic E-state index is 0.346. The molecule has 0 fully saturated rings. The maximum atomic E-state index is 12.1. The van der Waals surface area contributed by atoms with Crippen LogP contribution >= 0.6 is 0 Å². The van der Waals surface area contributed by atoms with Crippen LogP contribution in [-0.4, -0.2) is 19.7 Å². The van der Waals surface area contributed by atoms with E-state index in [0.717, 1.165) is 24.1 Å². The third-order valence-electron chi connectivity index (χ3n) is 2.30. The summed E-state index contributed by atoms with van der Waals surface area (Å²) in [5, 5.41) is 0. The fourth-order valence-electron chi connectivity index (χ4n) is 1.25. The molecule has 0 aliphatic carbocycles. The van der Waals surface area contributed by atoms with Crippen molar-refractivity contribution < 1.29 is 4.21 Å². The number of hydrogen-bond acceptors (Lipinski definition) is 2. The Morgan fingerprint density at radius 2 is 2.28 bits per heavy atom. The van der Waals surface area contributed by atoms with Crippen molar-refractivity contribution in [3.63, 3.8) is 0 Å². The Morgan fingerprint density at radius 3 is 2.78 bits per heavy atom. The number of pyridine rings is 1. The van der Waals surface area contributed by atoms with Gasteiger partial charge in [0.25, 0.3) is 0 Å². The van der Waals surface area contributed by atoms with E-state index in [1.807, 2.05) is 39.0 Å². The summed E-state index contributed by atoms with van der Waals surface area (Å²) in [5.74, 6) is 0. The molecule has 0 N–H and O–H groups in total. The van der Waals surface area contributed by atoms with Gasteiger partial charge in [-0.2, -0.15) is 4.40 Å². The lowest BCUT2D eigenvalue weighted by Crippen LogP contribution is -2.21. The predicted octanol–water partition coefficient (Wildman–Crippen LogP) is 3.30. The van der Waals surface area contributed by atoms with Gasteiger partial charge in [0.2, 0.25) is 0 Å². The van der Waals surface area contributed by atoms with E-state index in [1.54, 1.807) is 12.4 Å². The zero-order valence-corrected chi connectivity index (χ0v) is 12.0. The molecule has 1 aromatic rings. The summed E-state index contributed by atoms with van der Waals surface area (Å²) >= 11 is 0. The van der Waals surface area contributed by atoms with E-state index >= 15 is 0 Å². The summed E-state index contributed by atoms with van der Waals surface area (Å²) in [5.41, 5.74) is 1.76. The van der Waals surface area contributed by atoms with Crippen molar-refractivity contribution in [1.29, 1.82) is 0 Å². The van der Waals surface area contributed by atoms with E-state index in [1.165, 1.54) is 0 Å². The molecule has 1 aromatic heterocycles. The zero-order valence-electron chi connectivity index (χ0n) is 11.2. The lowest BCUT2D eigenvalue weighted by atomic mass is 10.1. The van der Waals surface area contributed by atoms with Gasteiger partial charge in [0.1, 0.15) is 11.0 Å². The van der Waals surface area contributed by atoms with Crippen LogP contribution in [0.1, 0.15) is 39.2 Å². The van der Waals surface area contributed by atoms with Gasteiger partial charge in [0.15, 0.2) is 0 Å². The highest BCUT2D eigenvalue weighted by atomic mass is 32.2. The first-order valence-corrected chi connectivity index (χ1v) is 7.06. The summed E-state index contributed by atoms with van der Waals surface area (Å²) < 4.78 is 16.1. The average Bonchev–Trinajstić information content (AvgIpc) is 2.34. The van der Waals surface area contributed by atoms with Crippen molar-refractivity contribution in [2.75, 3.05) is 0 Å². The summed E-state index contributed by atoms with van der Waals surface area (Å²) in [4.78, 5) is 4.08. The van der Waals surface area contributed by atoms with Gasteiger partial charge in [-0.15, -0.1) is 6.58 Å². The first-order chi connectivity index (χ1) is 8.45. The van der Waals surface area contributed by atoms with E-state index in [2.05, 4.69) is 16.0 Å². The van der Waals surface area contributed by atoms with Crippen molar-refractivity contribution in [1.82, 2.24) is 4.98 Å². The van der Waals surface area contributed by atoms with Gasteiger partial charge in [-0.05, 0) is 39.7 Å². The molecule has 1 unspecified atom stereocenters. The van der Waals surface area contributed by atoms with Crippen LogP contribution in [0, 0.1) is 0 Å². The Bertz CT molecular complexity index is 447. The summed E-state index contributed by atoms with van der Waals surface area (Å²) in [6, 6.07) is 3.80. The molecule has 1 rings (SSSR count). The molecular formula is C14H20N2OS. The quantitative estimate of drug-likeness (QED) is 0.605. The van der Waals surface area contributed by atoms with E-state index in [9.17, 15) is 4.21 Å². The van der Waals surface area contributed by atoms with Crippen molar-refractivity contribution in [2.24, 2.45) is 4.40 Å². The Balaban J connectivity index is 3.02. The third-order valence-corrected chi connectivity index (χ3v) is 3.73. The Labute approximate surface area is 112 Å². The zero-order chi connectivity index (χ0) is 13.6. The Hall–Kier alpha value is -1.29. The standard InChI is InChI=1S/C14H20N2OS/c1-5-6-9-13(12-8-7-10-15-11-12)16-18(17)14(2,3)4/h5,7-8,10-11H,1,6,9H2,2-4H3/b16-13+.